The van der Waals surface area contributed by atoms with Gasteiger partial charge >= 0.3 is 27.0 Å². The van der Waals surface area contributed by atoms with Gasteiger partial charge in [0.2, 0.25) is 0 Å². The van der Waals surface area contributed by atoms with Crippen LogP contribution in [0.15, 0.2) is 24.3 Å². The van der Waals surface area contributed by atoms with Gasteiger partial charge in [0.1, 0.15) is 0 Å². The molecule has 0 saturated carbocycles. The largest absolute Gasteiger partial charge is 0.677 e. The first-order chi connectivity index (χ1) is 6.92. The summed E-state index contributed by atoms with van der Waals surface area (Å²) in [6.07, 6.45) is 0.976. The molecule has 15 heavy (non-hydrogen) atoms. The molecule has 1 aliphatic rings. The minimum Gasteiger partial charge on any atom is -0.677 e. The molecule has 0 aliphatic carbocycles. The molecule has 2 N–H and O–H groups in total. The molecule has 0 aromatic heterocycles. The van der Waals surface area contributed by atoms with E-state index in [9.17, 15) is 0 Å². The molecule has 1 aromatic rings. The maximum absolute atomic E-state index is 7.18. The van der Waals surface area contributed by atoms with Gasteiger partial charge in [0.25, 0.3) is 0 Å². The summed E-state index contributed by atoms with van der Waals surface area (Å²) in [6.45, 7) is 1.54. The van der Waals surface area contributed by atoms with Crippen molar-refractivity contribution in [3.63, 3.8) is 0 Å². The molecular weight excluding hydrogens is 297 g/mol. The fraction of sp³-hybridized carbons (Fsp3) is 0.364. The molecule has 1 aliphatic heterocycles. The van der Waals surface area contributed by atoms with Crippen LogP contribution in [0.2, 0.25) is 0 Å². The molecule has 0 spiro atoms. The average Bonchev–Trinajstić information content (AvgIpc) is 2.66. The van der Waals surface area contributed by atoms with Gasteiger partial charge in [-0.1, -0.05) is 24.6 Å². The van der Waals surface area contributed by atoms with E-state index in [0.717, 1.165) is 13.0 Å². The standard InChI is InChI=1S/C10H13N2.CH3.ClH.Ru/c11-6-5-8-7-12-10-4-2-1-3-9(8)10;;;/h1-4,8,11-12H,5-7H2;1H3;1H;/q2*-1;;+3/p-1. The summed E-state index contributed by atoms with van der Waals surface area (Å²) in [5, 5.41) is 3.35. The van der Waals surface area contributed by atoms with Gasteiger partial charge in [-0.05, 0) is 11.6 Å². The fourth-order valence-electron chi connectivity index (χ4n) is 1.79. The number of benzene rings is 1. The van der Waals surface area contributed by atoms with Crippen molar-refractivity contribution in [3.8, 4) is 0 Å². The van der Waals surface area contributed by atoms with Gasteiger partial charge in [0, 0.05) is 18.2 Å². The van der Waals surface area contributed by atoms with Crippen LogP contribution in [-0.4, -0.2) is 13.1 Å². The molecule has 1 atom stereocenters. The summed E-state index contributed by atoms with van der Waals surface area (Å²) in [5.41, 5.74) is 9.83. The van der Waals surface area contributed by atoms with E-state index in [1.165, 1.54) is 11.3 Å². The number of nitrogens with one attached hydrogen (secondary N) is 2. The summed E-state index contributed by atoms with van der Waals surface area (Å²) in [6, 6.07) is 8.40. The maximum atomic E-state index is 7.18. The Labute approximate surface area is 106 Å². The zero-order valence-corrected chi connectivity index (χ0v) is 11.2. The van der Waals surface area contributed by atoms with Crippen LogP contribution in [-0.2, 0) is 17.3 Å². The first-order valence-corrected chi connectivity index (χ1v) is 6.76. The van der Waals surface area contributed by atoms with Crippen LogP contribution in [0.4, 0.5) is 5.69 Å². The Balaban J connectivity index is 0.000000617. The number of anilines is 1. The van der Waals surface area contributed by atoms with Crippen LogP contribution >= 0.6 is 9.69 Å². The van der Waals surface area contributed by atoms with Crippen molar-refractivity contribution in [1.29, 1.82) is 0 Å². The van der Waals surface area contributed by atoms with Gasteiger partial charge in [-0.15, -0.1) is 0 Å². The fourth-order valence-corrected chi connectivity index (χ4v) is 1.79. The molecular formula is C11H16ClN2Ru. The summed E-state index contributed by atoms with van der Waals surface area (Å²) in [4.78, 5) is 0. The molecule has 85 valence electrons. The van der Waals surface area contributed by atoms with Crippen LogP contribution in [0.5, 0.6) is 0 Å². The van der Waals surface area contributed by atoms with Crippen molar-refractivity contribution >= 4 is 15.4 Å². The Bertz CT molecular complexity index is 279. The van der Waals surface area contributed by atoms with Crippen molar-refractivity contribution in [2.24, 2.45) is 0 Å². The second-order valence-corrected chi connectivity index (χ2v) is 3.20. The molecule has 1 aromatic carbocycles. The summed E-state index contributed by atoms with van der Waals surface area (Å²) in [7, 11) is 4.57. The Hall–Kier alpha value is -0.107. The van der Waals surface area contributed by atoms with Gasteiger partial charge in [-0.25, -0.2) is 0 Å². The number of hydrogen-bond donors (Lipinski definition) is 1. The summed E-state index contributed by atoms with van der Waals surface area (Å²) in [5.74, 6) is 0.568. The zero-order valence-electron chi connectivity index (χ0n) is 8.74. The monoisotopic (exact) mass is 313 g/mol. The topological polar surface area (TPSA) is 35.8 Å². The maximum Gasteiger partial charge on any atom is 0.0376 e. The molecule has 0 amide bonds. The van der Waals surface area contributed by atoms with E-state index in [2.05, 4.69) is 39.3 Å². The molecule has 0 fully saturated rings. The van der Waals surface area contributed by atoms with Crippen molar-refractivity contribution in [2.75, 3.05) is 18.4 Å². The number of para-hydroxylation sites is 1. The Morgan fingerprint density at radius 2 is 2.07 bits per heavy atom. The summed E-state index contributed by atoms with van der Waals surface area (Å²) >= 11 is 1.82. The number of hydrogen-bond acceptors (Lipinski definition) is 1. The quantitative estimate of drug-likeness (QED) is 0.655. The van der Waals surface area contributed by atoms with Crippen molar-refractivity contribution in [1.82, 2.24) is 0 Å². The van der Waals surface area contributed by atoms with Crippen LogP contribution in [0.25, 0.3) is 5.73 Å². The van der Waals surface area contributed by atoms with E-state index in [-0.39, 0.29) is 7.43 Å². The van der Waals surface area contributed by atoms with Crippen molar-refractivity contribution < 1.29 is 17.3 Å². The molecule has 4 heteroatoms. The molecule has 0 saturated heterocycles. The normalized spacial score (nSPS) is 16.5. The molecule has 2 rings (SSSR count). The first-order valence-electron chi connectivity index (χ1n) is 4.52. The smallest absolute Gasteiger partial charge is 0.0376 e. The molecule has 1 heterocycles. The molecule has 2 nitrogen and oxygen atoms in total. The predicted octanol–water partition coefficient (Wildman–Crippen LogP) is 3.78. The van der Waals surface area contributed by atoms with Gasteiger partial charge in [0.05, 0.1) is 0 Å². The number of rotatable bonds is 2. The third-order valence-electron chi connectivity index (χ3n) is 2.43. The van der Waals surface area contributed by atoms with E-state index >= 15 is 0 Å². The first kappa shape index (κ1) is 14.9. The van der Waals surface area contributed by atoms with E-state index in [4.69, 9.17) is 5.73 Å². The second kappa shape index (κ2) is 8.09. The van der Waals surface area contributed by atoms with Crippen LogP contribution < -0.4 is 5.32 Å². The zero-order chi connectivity index (χ0) is 10.4. The second-order valence-electron chi connectivity index (χ2n) is 3.20. The van der Waals surface area contributed by atoms with E-state index < -0.39 is 0 Å². The Morgan fingerprint density at radius 1 is 1.40 bits per heavy atom. The minimum atomic E-state index is 0. The minimum absolute atomic E-state index is 0. The van der Waals surface area contributed by atoms with Gasteiger partial charge in [-0.3, -0.25) is 0 Å². The van der Waals surface area contributed by atoms with E-state index in [0.29, 0.717) is 12.5 Å². The van der Waals surface area contributed by atoms with Crippen molar-refractivity contribution in [3.05, 3.63) is 43.0 Å². The van der Waals surface area contributed by atoms with E-state index in [1.54, 1.807) is 0 Å². The van der Waals surface area contributed by atoms with Gasteiger partial charge in [0.15, 0.2) is 0 Å². The third-order valence-corrected chi connectivity index (χ3v) is 2.43. The van der Waals surface area contributed by atoms with Crippen molar-refractivity contribution in [2.45, 2.75) is 12.3 Å². The Morgan fingerprint density at radius 3 is 2.73 bits per heavy atom. The summed E-state index contributed by atoms with van der Waals surface area (Å²) < 4.78 is 0. The molecule has 1 unspecified atom stereocenters. The number of halogens is 1. The third kappa shape index (κ3) is 3.75. The SMILES string of the molecule is [CH3-].[Cl][Ru+2].[NH-]CCC1CNc2ccccc21. The molecule has 0 radical (unpaired) electrons. The van der Waals surface area contributed by atoms with Gasteiger partial charge < -0.3 is 18.5 Å². The van der Waals surface area contributed by atoms with Crippen LogP contribution in [0.1, 0.15) is 17.9 Å². The van der Waals surface area contributed by atoms with Crippen LogP contribution in [0.3, 0.4) is 0 Å². The average molecular weight is 313 g/mol. The van der Waals surface area contributed by atoms with Gasteiger partial charge in [-0.2, -0.15) is 6.54 Å². The predicted molar refractivity (Wildman–Crippen MR) is 63.7 cm³/mol. The van der Waals surface area contributed by atoms with E-state index in [1.807, 2.05) is 17.3 Å². The number of fused-ring (bicyclic) bond motifs is 1. The Kier molecular flexibility index (Phi) is 8.04. The molecule has 0 bridgehead atoms. The van der Waals surface area contributed by atoms with Crippen LogP contribution in [0, 0.1) is 7.43 Å².